The summed E-state index contributed by atoms with van der Waals surface area (Å²) in [5.74, 6) is -0.118. The highest BCUT2D eigenvalue weighted by Gasteiger charge is 2.31. The molecule has 3 rings (SSSR count). The Morgan fingerprint density at radius 2 is 1.82 bits per heavy atom. The number of amides is 2. The molecule has 1 saturated heterocycles. The van der Waals surface area contributed by atoms with Crippen LogP contribution < -0.4 is 4.74 Å². The van der Waals surface area contributed by atoms with Gasteiger partial charge in [0.25, 0.3) is 5.91 Å². The largest absolute Gasteiger partial charge is 0.497 e. The Labute approximate surface area is 200 Å². The van der Waals surface area contributed by atoms with Crippen LogP contribution in [0, 0.1) is 13.8 Å². The van der Waals surface area contributed by atoms with Crippen LogP contribution in [-0.4, -0.2) is 74.1 Å². The Hall–Kier alpha value is -3.39. The lowest BCUT2D eigenvalue weighted by Gasteiger charge is -2.25. The zero-order chi connectivity index (χ0) is 24.7. The summed E-state index contributed by atoms with van der Waals surface area (Å²) in [6.45, 7) is 4.90. The van der Waals surface area contributed by atoms with Crippen LogP contribution in [0.4, 0.5) is 0 Å². The zero-order valence-electron chi connectivity index (χ0n) is 20.2. The molecule has 0 aromatic heterocycles. The van der Waals surface area contributed by atoms with Crippen molar-refractivity contribution >= 4 is 17.8 Å². The standard InChI is InChI=1S/C26H32N2O6/c1-18-8-9-21(12-19(18)2)26(31)28-15-23(34-17-20-6-5-7-22(13-20)32-3)14-27(24(29)16-28)11-10-25(30)33-4/h5-9,12-13,23H,10-11,14-17H2,1-4H3/t23-/m0/s1. The molecule has 2 aromatic rings. The Morgan fingerprint density at radius 3 is 2.53 bits per heavy atom. The fraction of sp³-hybridized carbons (Fsp3) is 0.423. The number of aryl methyl sites for hydroxylation is 2. The van der Waals surface area contributed by atoms with Crippen molar-refractivity contribution in [2.45, 2.75) is 33.0 Å². The summed E-state index contributed by atoms with van der Waals surface area (Å²) in [5, 5.41) is 0. The number of hydrogen-bond donors (Lipinski definition) is 0. The molecule has 0 bridgehead atoms. The van der Waals surface area contributed by atoms with Gasteiger partial charge in [0.15, 0.2) is 0 Å². The lowest BCUT2D eigenvalue weighted by atomic mass is 10.1. The minimum absolute atomic E-state index is 0.0774. The number of carbonyl (C=O) groups excluding carboxylic acids is 3. The maximum Gasteiger partial charge on any atom is 0.307 e. The van der Waals surface area contributed by atoms with Gasteiger partial charge in [-0.25, -0.2) is 0 Å². The van der Waals surface area contributed by atoms with E-state index < -0.39 is 12.1 Å². The molecule has 1 atom stereocenters. The predicted octanol–water partition coefficient (Wildman–Crippen LogP) is 2.74. The molecule has 2 aromatic carbocycles. The van der Waals surface area contributed by atoms with Gasteiger partial charge in [0.05, 0.1) is 33.4 Å². The second-order valence-corrected chi connectivity index (χ2v) is 8.44. The van der Waals surface area contributed by atoms with E-state index in [9.17, 15) is 14.4 Å². The summed E-state index contributed by atoms with van der Waals surface area (Å²) in [5.41, 5.74) is 3.56. The monoisotopic (exact) mass is 468 g/mol. The van der Waals surface area contributed by atoms with Crippen LogP contribution in [-0.2, 0) is 25.7 Å². The van der Waals surface area contributed by atoms with Gasteiger partial charge in [0.2, 0.25) is 5.91 Å². The van der Waals surface area contributed by atoms with Crippen molar-refractivity contribution in [1.29, 1.82) is 0 Å². The van der Waals surface area contributed by atoms with Gasteiger partial charge in [0, 0.05) is 25.2 Å². The van der Waals surface area contributed by atoms with E-state index in [0.717, 1.165) is 22.4 Å². The van der Waals surface area contributed by atoms with Crippen molar-refractivity contribution in [3.8, 4) is 5.75 Å². The van der Waals surface area contributed by atoms with Crippen LogP contribution in [0.5, 0.6) is 5.75 Å². The van der Waals surface area contributed by atoms with Gasteiger partial charge < -0.3 is 24.0 Å². The lowest BCUT2D eigenvalue weighted by Crippen LogP contribution is -2.40. The summed E-state index contributed by atoms with van der Waals surface area (Å²) in [4.78, 5) is 41.0. The molecule has 2 amide bonds. The van der Waals surface area contributed by atoms with Gasteiger partial charge in [-0.15, -0.1) is 0 Å². The summed E-state index contributed by atoms with van der Waals surface area (Å²) < 4.78 is 16.1. The number of carbonyl (C=O) groups is 3. The Morgan fingerprint density at radius 1 is 1.03 bits per heavy atom. The van der Waals surface area contributed by atoms with E-state index in [4.69, 9.17) is 14.2 Å². The third-order valence-electron chi connectivity index (χ3n) is 6.00. The fourth-order valence-electron chi connectivity index (χ4n) is 3.82. The fourth-order valence-corrected chi connectivity index (χ4v) is 3.82. The van der Waals surface area contributed by atoms with Crippen molar-refractivity contribution < 1.29 is 28.6 Å². The van der Waals surface area contributed by atoms with Crippen LogP contribution in [0.25, 0.3) is 0 Å². The first-order chi connectivity index (χ1) is 16.3. The minimum Gasteiger partial charge on any atom is -0.497 e. The first-order valence-corrected chi connectivity index (χ1v) is 11.3. The zero-order valence-corrected chi connectivity index (χ0v) is 20.2. The van der Waals surface area contributed by atoms with Crippen molar-refractivity contribution in [2.75, 3.05) is 40.4 Å². The molecule has 8 nitrogen and oxygen atoms in total. The molecule has 1 heterocycles. The molecule has 0 saturated carbocycles. The van der Waals surface area contributed by atoms with E-state index in [1.54, 1.807) is 18.1 Å². The maximum absolute atomic E-state index is 13.3. The Bertz CT molecular complexity index is 1040. The number of esters is 1. The van der Waals surface area contributed by atoms with Crippen molar-refractivity contribution in [3.63, 3.8) is 0 Å². The van der Waals surface area contributed by atoms with Crippen molar-refractivity contribution in [2.24, 2.45) is 0 Å². The molecule has 0 radical (unpaired) electrons. The van der Waals surface area contributed by atoms with Crippen LogP contribution in [0.2, 0.25) is 0 Å². The summed E-state index contributed by atoms with van der Waals surface area (Å²) in [7, 11) is 2.92. The van der Waals surface area contributed by atoms with Gasteiger partial charge in [-0.2, -0.15) is 0 Å². The van der Waals surface area contributed by atoms with E-state index in [1.807, 2.05) is 50.2 Å². The molecule has 182 valence electrons. The molecule has 1 aliphatic rings. The molecule has 0 unspecified atom stereocenters. The Balaban J connectivity index is 1.78. The second kappa shape index (κ2) is 11.7. The summed E-state index contributed by atoms with van der Waals surface area (Å²) in [6.07, 6.45) is -0.346. The predicted molar refractivity (Wildman–Crippen MR) is 127 cm³/mol. The van der Waals surface area contributed by atoms with Gasteiger partial charge in [-0.3, -0.25) is 14.4 Å². The highest BCUT2D eigenvalue weighted by molar-refractivity contribution is 5.97. The highest BCUT2D eigenvalue weighted by Crippen LogP contribution is 2.18. The quantitative estimate of drug-likeness (QED) is 0.554. The van der Waals surface area contributed by atoms with Crippen LogP contribution >= 0.6 is 0 Å². The maximum atomic E-state index is 13.3. The molecular weight excluding hydrogens is 436 g/mol. The van der Waals surface area contributed by atoms with E-state index in [0.29, 0.717) is 12.2 Å². The number of rotatable bonds is 8. The molecule has 34 heavy (non-hydrogen) atoms. The number of hydrogen-bond acceptors (Lipinski definition) is 6. The average molecular weight is 469 g/mol. The average Bonchev–Trinajstić information content (AvgIpc) is 3.00. The first-order valence-electron chi connectivity index (χ1n) is 11.3. The van der Waals surface area contributed by atoms with Crippen LogP contribution in [0.15, 0.2) is 42.5 Å². The number of nitrogens with zero attached hydrogens (tertiary/aromatic N) is 2. The van der Waals surface area contributed by atoms with E-state index in [1.165, 1.54) is 12.0 Å². The molecule has 1 aliphatic heterocycles. The van der Waals surface area contributed by atoms with Crippen molar-refractivity contribution in [3.05, 3.63) is 64.7 Å². The van der Waals surface area contributed by atoms with E-state index in [2.05, 4.69) is 0 Å². The molecule has 0 spiro atoms. The first kappa shape index (κ1) is 25.2. The lowest BCUT2D eigenvalue weighted by molar-refractivity contribution is -0.142. The van der Waals surface area contributed by atoms with Gasteiger partial charge in [-0.05, 0) is 54.8 Å². The smallest absolute Gasteiger partial charge is 0.307 e. The van der Waals surface area contributed by atoms with Gasteiger partial charge in [-0.1, -0.05) is 18.2 Å². The van der Waals surface area contributed by atoms with Crippen LogP contribution in [0.3, 0.4) is 0 Å². The Kier molecular flexibility index (Phi) is 8.65. The highest BCUT2D eigenvalue weighted by atomic mass is 16.5. The van der Waals surface area contributed by atoms with Gasteiger partial charge >= 0.3 is 5.97 Å². The molecule has 1 fully saturated rings. The normalized spacial score (nSPS) is 16.2. The SMILES string of the molecule is COC(=O)CCN1C[C@H](OCc2cccc(OC)c2)CN(C(=O)c2ccc(C)c(C)c2)CC1=O. The summed E-state index contributed by atoms with van der Waals surface area (Å²) >= 11 is 0. The number of methoxy groups -OCH3 is 2. The third kappa shape index (κ3) is 6.57. The number of ether oxygens (including phenoxy) is 3. The second-order valence-electron chi connectivity index (χ2n) is 8.44. The molecule has 0 aliphatic carbocycles. The third-order valence-corrected chi connectivity index (χ3v) is 6.00. The van der Waals surface area contributed by atoms with Gasteiger partial charge in [0.1, 0.15) is 12.3 Å². The number of benzene rings is 2. The topological polar surface area (TPSA) is 85.4 Å². The molecular formula is C26H32N2O6. The minimum atomic E-state index is -0.425. The molecule has 0 N–H and O–H groups in total. The van der Waals surface area contributed by atoms with E-state index >= 15 is 0 Å². The van der Waals surface area contributed by atoms with Crippen molar-refractivity contribution in [1.82, 2.24) is 9.80 Å². The van der Waals surface area contributed by atoms with Crippen LogP contribution in [0.1, 0.15) is 33.5 Å². The molecule has 8 heteroatoms. The van der Waals surface area contributed by atoms with E-state index in [-0.39, 0.29) is 44.4 Å². The summed E-state index contributed by atoms with van der Waals surface area (Å²) in [6, 6.07) is 13.1.